The number of hydrogen-bond acceptors (Lipinski definition) is 7. The highest BCUT2D eigenvalue weighted by Gasteiger charge is 2.21. The SMILES string of the molecule is COc1cccc(COc2nc(C)n(-c3cc(-c4ccnc(C(C)(C)O)n4)ccc3C)c(=O)c2C)c1. The van der Waals surface area contributed by atoms with Crippen LogP contribution in [0.5, 0.6) is 11.6 Å². The number of nitrogens with zero attached hydrogens (tertiary/aromatic N) is 4. The zero-order chi connectivity index (χ0) is 26.0. The standard InChI is InChI=1S/C28H30N4O4/c1-17-10-11-21(23-12-13-29-27(31-23)28(4,5)34)15-24(17)32-19(3)30-25(18(2)26(32)33)36-16-20-8-7-9-22(14-20)35-6/h7-15,34H,16H2,1-6H3. The molecule has 0 saturated carbocycles. The van der Waals surface area contributed by atoms with Crippen LogP contribution in [0.1, 0.15) is 42.2 Å². The monoisotopic (exact) mass is 486 g/mol. The minimum atomic E-state index is -1.17. The average Bonchev–Trinajstić information content (AvgIpc) is 2.86. The van der Waals surface area contributed by atoms with Gasteiger partial charge in [-0.3, -0.25) is 9.36 Å². The fraction of sp³-hybridized carbons (Fsp3) is 0.286. The Bertz CT molecular complexity index is 1470. The van der Waals surface area contributed by atoms with E-state index in [1.54, 1.807) is 51.6 Å². The second-order valence-corrected chi connectivity index (χ2v) is 9.20. The van der Waals surface area contributed by atoms with E-state index in [0.717, 1.165) is 22.4 Å². The zero-order valence-electron chi connectivity index (χ0n) is 21.4. The second kappa shape index (κ2) is 9.91. The first-order valence-corrected chi connectivity index (χ1v) is 11.6. The first-order valence-electron chi connectivity index (χ1n) is 11.6. The fourth-order valence-corrected chi connectivity index (χ4v) is 3.85. The molecule has 0 aliphatic carbocycles. The lowest BCUT2D eigenvalue weighted by Crippen LogP contribution is -2.26. The number of aryl methyl sites for hydroxylation is 2. The molecule has 4 aromatic rings. The summed E-state index contributed by atoms with van der Waals surface area (Å²) in [5, 5.41) is 10.3. The molecule has 36 heavy (non-hydrogen) atoms. The van der Waals surface area contributed by atoms with E-state index in [1.807, 2.05) is 49.4 Å². The van der Waals surface area contributed by atoms with Crippen molar-refractivity contribution in [2.45, 2.75) is 46.8 Å². The van der Waals surface area contributed by atoms with Gasteiger partial charge in [0.15, 0.2) is 5.82 Å². The lowest BCUT2D eigenvalue weighted by Gasteiger charge is -2.18. The number of ether oxygens (including phenoxy) is 2. The molecule has 0 aliphatic heterocycles. The van der Waals surface area contributed by atoms with E-state index in [2.05, 4.69) is 15.0 Å². The summed E-state index contributed by atoms with van der Waals surface area (Å²) < 4.78 is 12.8. The molecule has 0 unspecified atom stereocenters. The maximum atomic E-state index is 13.5. The molecule has 186 valence electrons. The highest BCUT2D eigenvalue weighted by atomic mass is 16.5. The van der Waals surface area contributed by atoms with Crippen molar-refractivity contribution in [1.29, 1.82) is 0 Å². The van der Waals surface area contributed by atoms with Crippen molar-refractivity contribution in [1.82, 2.24) is 19.5 Å². The Balaban J connectivity index is 1.71. The molecule has 2 aromatic carbocycles. The molecule has 4 rings (SSSR count). The molecule has 0 saturated heterocycles. The van der Waals surface area contributed by atoms with Crippen molar-refractivity contribution < 1.29 is 14.6 Å². The Kier molecular flexibility index (Phi) is 6.90. The summed E-state index contributed by atoms with van der Waals surface area (Å²) in [6.07, 6.45) is 1.62. The summed E-state index contributed by atoms with van der Waals surface area (Å²) in [5.41, 5.74) is 3.01. The Morgan fingerprint density at radius 1 is 1.03 bits per heavy atom. The number of aliphatic hydroxyl groups is 1. The van der Waals surface area contributed by atoms with Gasteiger partial charge in [0.05, 0.1) is 24.1 Å². The molecule has 0 fully saturated rings. The lowest BCUT2D eigenvalue weighted by molar-refractivity contribution is 0.0688. The number of rotatable bonds is 7. The summed E-state index contributed by atoms with van der Waals surface area (Å²) in [7, 11) is 1.61. The third kappa shape index (κ3) is 5.13. The summed E-state index contributed by atoms with van der Waals surface area (Å²) in [6.45, 7) is 8.98. The highest BCUT2D eigenvalue weighted by Crippen LogP contribution is 2.26. The topological polar surface area (TPSA) is 99.4 Å². The van der Waals surface area contributed by atoms with E-state index in [-0.39, 0.29) is 12.2 Å². The number of benzene rings is 2. The first-order chi connectivity index (χ1) is 17.1. The first kappa shape index (κ1) is 25.1. The van der Waals surface area contributed by atoms with Crippen LogP contribution >= 0.6 is 0 Å². The van der Waals surface area contributed by atoms with Gasteiger partial charge >= 0.3 is 0 Å². The van der Waals surface area contributed by atoms with Crippen LogP contribution in [0.2, 0.25) is 0 Å². The molecule has 8 nitrogen and oxygen atoms in total. The number of hydrogen-bond donors (Lipinski definition) is 1. The van der Waals surface area contributed by atoms with Crippen LogP contribution in [0.3, 0.4) is 0 Å². The molecular formula is C28H30N4O4. The van der Waals surface area contributed by atoms with Crippen LogP contribution in [0.15, 0.2) is 59.5 Å². The normalized spacial score (nSPS) is 11.4. The summed E-state index contributed by atoms with van der Waals surface area (Å²) >= 11 is 0. The molecule has 0 spiro atoms. The van der Waals surface area contributed by atoms with Crippen LogP contribution in [-0.4, -0.2) is 31.7 Å². The summed E-state index contributed by atoms with van der Waals surface area (Å²) in [4.78, 5) is 26.8. The Hall–Kier alpha value is -4.04. The molecule has 0 bridgehead atoms. The smallest absolute Gasteiger partial charge is 0.264 e. The Labute approximate surface area is 210 Å². The minimum Gasteiger partial charge on any atom is -0.497 e. The van der Waals surface area contributed by atoms with Crippen LogP contribution in [0.4, 0.5) is 0 Å². The van der Waals surface area contributed by atoms with Gasteiger partial charge < -0.3 is 14.6 Å². The molecular weight excluding hydrogens is 456 g/mol. The van der Waals surface area contributed by atoms with E-state index in [4.69, 9.17) is 9.47 Å². The van der Waals surface area contributed by atoms with Gasteiger partial charge in [-0.1, -0.05) is 24.3 Å². The van der Waals surface area contributed by atoms with Crippen LogP contribution in [0.25, 0.3) is 16.9 Å². The molecule has 1 N–H and O–H groups in total. The van der Waals surface area contributed by atoms with Crippen molar-refractivity contribution in [3.8, 4) is 28.6 Å². The fourth-order valence-electron chi connectivity index (χ4n) is 3.85. The van der Waals surface area contributed by atoms with Crippen molar-refractivity contribution in [2.24, 2.45) is 0 Å². The maximum Gasteiger partial charge on any atom is 0.264 e. The molecule has 0 atom stereocenters. The molecule has 2 heterocycles. The van der Waals surface area contributed by atoms with Gasteiger partial charge in [0, 0.05) is 11.8 Å². The van der Waals surface area contributed by atoms with Gasteiger partial charge in [0.1, 0.15) is 23.8 Å². The van der Waals surface area contributed by atoms with Gasteiger partial charge in [-0.25, -0.2) is 9.97 Å². The van der Waals surface area contributed by atoms with Gasteiger partial charge in [-0.05, 0) is 70.0 Å². The number of aromatic nitrogens is 4. The summed E-state index contributed by atoms with van der Waals surface area (Å²) in [6, 6.07) is 15.1. The Morgan fingerprint density at radius 3 is 2.53 bits per heavy atom. The highest BCUT2D eigenvalue weighted by molar-refractivity contribution is 5.64. The van der Waals surface area contributed by atoms with E-state index in [0.29, 0.717) is 34.5 Å². The lowest BCUT2D eigenvalue weighted by atomic mass is 10.1. The molecule has 0 amide bonds. The van der Waals surface area contributed by atoms with Crippen molar-refractivity contribution >= 4 is 0 Å². The van der Waals surface area contributed by atoms with Crippen molar-refractivity contribution in [2.75, 3.05) is 7.11 Å². The quantitative estimate of drug-likeness (QED) is 0.413. The van der Waals surface area contributed by atoms with Crippen molar-refractivity contribution in [3.05, 3.63) is 93.4 Å². The number of methoxy groups -OCH3 is 1. The van der Waals surface area contributed by atoms with E-state index in [9.17, 15) is 9.90 Å². The van der Waals surface area contributed by atoms with Gasteiger partial charge in [0.2, 0.25) is 5.88 Å². The molecule has 2 aromatic heterocycles. The van der Waals surface area contributed by atoms with Crippen LogP contribution < -0.4 is 15.0 Å². The third-order valence-corrected chi connectivity index (χ3v) is 5.89. The van der Waals surface area contributed by atoms with Crippen LogP contribution in [0, 0.1) is 20.8 Å². The largest absolute Gasteiger partial charge is 0.497 e. The van der Waals surface area contributed by atoms with Crippen LogP contribution in [-0.2, 0) is 12.2 Å². The summed E-state index contributed by atoms with van der Waals surface area (Å²) in [5.74, 6) is 1.87. The molecule has 0 aliphatic rings. The van der Waals surface area contributed by atoms with Crippen molar-refractivity contribution in [3.63, 3.8) is 0 Å². The van der Waals surface area contributed by atoms with Gasteiger partial charge in [-0.2, -0.15) is 4.98 Å². The average molecular weight is 487 g/mol. The third-order valence-electron chi connectivity index (χ3n) is 5.89. The van der Waals surface area contributed by atoms with Gasteiger partial charge in [-0.15, -0.1) is 0 Å². The minimum absolute atomic E-state index is 0.205. The second-order valence-electron chi connectivity index (χ2n) is 9.20. The van der Waals surface area contributed by atoms with E-state index < -0.39 is 5.60 Å². The van der Waals surface area contributed by atoms with E-state index >= 15 is 0 Å². The van der Waals surface area contributed by atoms with E-state index in [1.165, 1.54) is 0 Å². The zero-order valence-corrected chi connectivity index (χ0v) is 21.4. The molecule has 8 heteroatoms. The Morgan fingerprint density at radius 2 is 1.81 bits per heavy atom. The maximum absolute atomic E-state index is 13.5. The molecule has 0 radical (unpaired) electrons. The predicted molar refractivity (Wildman–Crippen MR) is 138 cm³/mol. The van der Waals surface area contributed by atoms with Gasteiger partial charge in [0.25, 0.3) is 5.56 Å². The predicted octanol–water partition coefficient (Wildman–Crippen LogP) is 4.43.